The van der Waals surface area contributed by atoms with Gasteiger partial charge in [-0.1, -0.05) is 19.3 Å². The van der Waals surface area contributed by atoms with Crippen molar-refractivity contribution in [1.29, 1.82) is 0 Å². The lowest BCUT2D eigenvalue weighted by Gasteiger charge is -2.47. The van der Waals surface area contributed by atoms with Crippen LogP contribution in [-0.4, -0.2) is 41.0 Å². The van der Waals surface area contributed by atoms with Crippen molar-refractivity contribution in [3.05, 3.63) is 0 Å². The summed E-state index contributed by atoms with van der Waals surface area (Å²) < 4.78 is 5.38. The van der Waals surface area contributed by atoms with Crippen LogP contribution in [0, 0.1) is 0 Å². The van der Waals surface area contributed by atoms with Crippen LogP contribution in [0.1, 0.15) is 59.3 Å². The molecule has 2 fully saturated rings. The molecule has 2 rings (SSSR count). The van der Waals surface area contributed by atoms with E-state index in [-0.39, 0.29) is 11.6 Å². The second-order valence-corrected chi connectivity index (χ2v) is 7.47. The molecule has 1 aliphatic carbocycles. The Balaban J connectivity index is 2.01. The van der Waals surface area contributed by atoms with Crippen molar-refractivity contribution in [2.45, 2.75) is 76.0 Å². The Hall–Kier alpha value is -0.810. The molecule has 0 aromatic heterocycles. The van der Waals surface area contributed by atoms with Crippen molar-refractivity contribution < 1.29 is 14.6 Å². The topological polar surface area (TPSA) is 70.6 Å². The molecule has 0 bridgehead atoms. The number of amides is 1. The van der Waals surface area contributed by atoms with E-state index in [0.29, 0.717) is 19.5 Å². The Kier molecular flexibility index (Phi) is 4.30. The first-order valence-corrected chi connectivity index (χ1v) is 7.66. The minimum absolute atomic E-state index is 0.308. The van der Waals surface area contributed by atoms with Crippen molar-refractivity contribution in [1.82, 2.24) is 10.6 Å². The van der Waals surface area contributed by atoms with Gasteiger partial charge in [0.2, 0.25) is 0 Å². The SMILES string of the molecule is CC(C)(C)OC(=O)NC1(CC2(O)CNC2)CCCCC1. The van der Waals surface area contributed by atoms with Crippen molar-refractivity contribution in [3.8, 4) is 0 Å². The van der Waals surface area contributed by atoms with Gasteiger partial charge in [-0.3, -0.25) is 0 Å². The average Bonchev–Trinajstić information content (AvgIpc) is 2.25. The maximum absolute atomic E-state index is 12.1. The van der Waals surface area contributed by atoms with Gasteiger partial charge in [-0.05, 0) is 33.6 Å². The fourth-order valence-corrected chi connectivity index (χ4v) is 3.26. The molecule has 5 heteroatoms. The zero-order valence-electron chi connectivity index (χ0n) is 12.9. The van der Waals surface area contributed by atoms with E-state index in [2.05, 4.69) is 10.6 Å². The number of rotatable bonds is 3. The predicted octanol–water partition coefficient (Wildman–Crippen LogP) is 1.94. The summed E-state index contributed by atoms with van der Waals surface area (Å²) in [6.45, 7) is 6.83. The second-order valence-electron chi connectivity index (χ2n) is 7.47. The molecule has 1 amide bonds. The van der Waals surface area contributed by atoms with Crippen molar-refractivity contribution in [2.75, 3.05) is 13.1 Å². The molecule has 0 aromatic carbocycles. The van der Waals surface area contributed by atoms with E-state index >= 15 is 0 Å². The van der Waals surface area contributed by atoms with E-state index in [1.807, 2.05) is 20.8 Å². The van der Waals surface area contributed by atoms with E-state index in [0.717, 1.165) is 25.7 Å². The van der Waals surface area contributed by atoms with Gasteiger partial charge in [-0.2, -0.15) is 0 Å². The maximum Gasteiger partial charge on any atom is 0.408 e. The smallest absolute Gasteiger partial charge is 0.408 e. The molecule has 0 spiro atoms. The number of carbonyl (C=O) groups excluding carboxylic acids is 1. The van der Waals surface area contributed by atoms with Crippen LogP contribution in [-0.2, 0) is 4.74 Å². The fourth-order valence-electron chi connectivity index (χ4n) is 3.26. The minimum atomic E-state index is -0.674. The third-order valence-corrected chi connectivity index (χ3v) is 4.15. The van der Waals surface area contributed by atoms with Gasteiger partial charge in [0.25, 0.3) is 0 Å². The molecule has 116 valence electrons. The summed E-state index contributed by atoms with van der Waals surface area (Å²) >= 11 is 0. The highest BCUT2D eigenvalue weighted by Gasteiger charge is 2.45. The first-order chi connectivity index (χ1) is 9.22. The number of hydrogen-bond acceptors (Lipinski definition) is 4. The van der Waals surface area contributed by atoms with Crippen LogP contribution in [0.3, 0.4) is 0 Å². The molecule has 0 radical (unpaired) electrons. The highest BCUT2D eigenvalue weighted by Crippen LogP contribution is 2.36. The molecular formula is C15H28N2O3. The lowest BCUT2D eigenvalue weighted by molar-refractivity contribution is -0.0476. The number of hydrogen-bond donors (Lipinski definition) is 3. The van der Waals surface area contributed by atoms with Gasteiger partial charge in [0.1, 0.15) is 5.60 Å². The predicted molar refractivity (Wildman–Crippen MR) is 77.6 cm³/mol. The van der Waals surface area contributed by atoms with Gasteiger partial charge >= 0.3 is 6.09 Å². The zero-order valence-corrected chi connectivity index (χ0v) is 12.9. The van der Waals surface area contributed by atoms with Gasteiger partial charge in [0.15, 0.2) is 0 Å². The van der Waals surface area contributed by atoms with Gasteiger partial charge in [-0.15, -0.1) is 0 Å². The summed E-state index contributed by atoms with van der Waals surface area (Å²) in [4.78, 5) is 12.1. The van der Waals surface area contributed by atoms with Crippen molar-refractivity contribution in [2.24, 2.45) is 0 Å². The van der Waals surface area contributed by atoms with Crippen LogP contribution in [0.25, 0.3) is 0 Å². The zero-order chi connectivity index (χ0) is 14.9. The van der Waals surface area contributed by atoms with Crippen LogP contribution >= 0.6 is 0 Å². The number of aliphatic hydroxyl groups is 1. The number of carbonyl (C=O) groups is 1. The van der Waals surface area contributed by atoms with Crippen LogP contribution in [0.15, 0.2) is 0 Å². The Bertz CT molecular complexity index is 353. The summed E-state index contributed by atoms with van der Waals surface area (Å²) in [5, 5.41) is 16.6. The largest absolute Gasteiger partial charge is 0.444 e. The maximum atomic E-state index is 12.1. The fraction of sp³-hybridized carbons (Fsp3) is 0.933. The lowest BCUT2D eigenvalue weighted by Crippen LogP contribution is -2.65. The number of β-amino-alcohol motifs (C(OH)–C–C–N with tert-alkyl or cyclic N) is 1. The summed E-state index contributed by atoms with van der Waals surface area (Å²) in [7, 11) is 0. The molecule has 1 aliphatic heterocycles. The van der Waals surface area contributed by atoms with E-state index in [4.69, 9.17) is 4.74 Å². The quantitative estimate of drug-likeness (QED) is 0.740. The molecule has 1 saturated heterocycles. The summed E-state index contributed by atoms with van der Waals surface area (Å²) in [5.41, 5.74) is -1.47. The van der Waals surface area contributed by atoms with E-state index in [1.165, 1.54) is 6.42 Å². The van der Waals surface area contributed by atoms with Crippen LogP contribution in [0.2, 0.25) is 0 Å². The summed E-state index contributed by atoms with van der Waals surface area (Å²) in [6, 6.07) is 0. The monoisotopic (exact) mass is 284 g/mol. The molecule has 3 N–H and O–H groups in total. The molecule has 20 heavy (non-hydrogen) atoms. The Morgan fingerprint density at radius 1 is 1.25 bits per heavy atom. The lowest BCUT2D eigenvalue weighted by atomic mass is 9.72. The van der Waals surface area contributed by atoms with Gasteiger partial charge < -0.3 is 20.5 Å². The molecular weight excluding hydrogens is 256 g/mol. The second kappa shape index (κ2) is 5.53. The Morgan fingerprint density at radius 2 is 1.85 bits per heavy atom. The molecule has 0 unspecified atom stereocenters. The number of ether oxygens (including phenoxy) is 1. The van der Waals surface area contributed by atoms with E-state index < -0.39 is 11.2 Å². The third kappa shape index (κ3) is 4.09. The Labute approximate surface area is 121 Å². The first-order valence-electron chi connectivity index (χ1n) is 7.66. The highest BCUT2D eigenvalue weighted by molar-refractivity contribution is 5.68. The van der Waals surface area contributed by atoms with Gasteiger partial charge in [-0.25, -0.2) is 4.79 Å². The number of nitrogens with one attached hydrogen (secondary N) is 2. The van der Waals surface area contributed by atoms with E-state index in [9.17, 15) is 9.90 Å². The van der Waals surface area contributed by atoms with Crippen LogP contribution < -0.4 is 10.6 Å². The molecule has 1 saturated carbocycles. The molecule has 2 aliphatic rings. The average molecular weight is 284 g/mol. The van der Waals surface area contributed by atoms with Crippen LogP contribution in [0.5, 0.6) is 0 Å². The van der Waals surface area contributed by atoms with Gasteiger partial charge in [0.05, 0.1) is 5.60 Å². The normalized spacial score (nSPS) is 24.6. The first kappa shape index (κ1) is 15.6. The molecule has 0 aromatic rings. The molecule has 0 atom stereocenters. The molecule has 1 heterocycles. The van der Waals surface area contributed by atoms with Gasteiger partial charge in [0, 0.05) is 25.0 Å². The molecule has 5 nitrogen and oxygen atoms in total. The van der Waals surface area contributed by atoms with Crippen molar-refractivity contribution in [3.63, 3.8) is 0 Å². The third-order valence-electron chi connectivity index (χ3n) is 4.15. The summed E-state index contributed by atoms with van der Waals surface area (Å²) in [6.07, 6.45) is 5.50. The van der Waals surface area contributed by atoms with Crippen LogP contribution in [0.4, 0.5) is 4.79 Å². The Morgan fingerprint density at radius 3 is 2.30 bits per heavy atom. The minimum Gasteiger partial charge on any atom is -0.444 e. The number of alkyl carbamates (subject to hydrolysis) is 1. The van der Waals surface area contributed by atoms with E-state index in [1.54, 1.807) is 0 Å². The standard InChI is InChI=1S/C15H28N2O3/c1-13(2,3)20-12(18)17-14(7-5-4-6-8-14)9-15(19)10-16-11-15/h16,19H,4-11H2,1-3H3,(H,17,18). The van der Waals surface area contributed by atoms with Crippen molar-refractivity contribution >= 4 is 6.09 Å². The highest BCUT2D eigenvalue weighted by atomic mass is 16.6. The summed E-state index contributed by atoms with van der Waals surface area (Å²) in [5.74, 6) is 0.